The van der Waals surface area contributed by atoms with Gasteiger partial charge in [0, 0.05) is 25.7 Å². The summed E-state index contributed by atoms with van der Waals surface area (Å²) in [7, 11) is -9.92. The van der Waals surface area contributed by atoms with Crippen LogP contribution in [0.5, 0.6) is 0 Å². The Labute approximate surface area is 632 Å². The third-order valence-corrected chi connectivity index (χ3v) is 22.3. The molecule has 0 aliphatic rings. The number of aliphatic hydroxyl groups is 1. The fourth-order valence-corrected chi connectivity index (χ4v) is 14.6. The second-order valence-electron chi connectivity index (χ2n) is 30.7. The maximum absolute atomic E-state index is 13.1. The first-order chi connectivity index (χ1) is 49.9. The van der Waals surface area contributed by atoms with Crippen molar-refractivity contribution in [2.24, 2.45) is 11.8 Å². The molecule has 7 atom stereocenters. The molecule has 0 saturated carbocycles. The lowest BCUT2D eigenvalue weighted by atomic mass is 9.99. The number of carbonyl (C=O) groups is 4. The zero-order chi connectivity index (χ0) is 75.6. The van der Waals surface area contributed by atoms with Crippen molar-refractivity contribution in [3.63, 3.8) is 0 Å². The number of ether oxygens (including phenoxy) is 4. The van der Waals surface area contributed by atoms with Crippen LogP contribution in [0.1, 0.15) is 446 Å². The molecule has 0 aromatic carbocycles. The van der Waals surface area contributed by atoms with Gasteiger partial charge >= 0.3 is 39.5 Å². The van der Waals surface area contributed by atoms with Gasteiger partial charge in [0.15, 0.2) is 12.2 Å². The van der Waals surface area contributed by atoms with Crippen molar-refractivity contribution in [2.45, 2.75) is 464 Å². The molecule has 0 radical (unpaired) electrons. The van der Waals surface area contributed by atoms with Crippen LogP contribution in [0.15, 0.2) is 0 Å². The molecule has 0 spiro atoms. The molecule has 0 fully saturated rings. The van der Waals surface area contributed by atoms with Gasteiger partial charge in [0.2, 0.25) is 0 Å². The van der Waals surface area contributed by atoms with Crippen molar-refractivity contribution >= 4 is 39.5 Å². The topological polar surface area (TPSA) is 237 Å². The van der Waals surface area contributed by atoms with Gasteiger partial charge < -0.3 is 33.8 Å². The Kier molecular flexibility index (Phi) is 74.1. The third-order valence-electron chi connectivity index (χ3n) is 20.4. The van der Waals surface area contributed by atoms with Gasteiger partial charge in [-0.15, -0.1) is 0 Å². The Morgan fingerprint density at radius 3 is 0.689 bits per heavy atom. The molecule has 3 N–H and O–H groups in total. The molecule has 0 saturated heterocycles. The number of hydrogen-bond acceptors (Lipinski definition) is 15. The molecule has 0 heterocycles. The van der Waals surface area contributed by atoms with E-state index in [-0.39, 0.29) is 25.7 Å². The minimum atomic E-state index is -4.96. The SMILES string of the molecule is CCCCCCCCCCCCCCCCCCCCCCCC(=O)O[C@H](COC(=O)CCCCCCCCCCCCCCCCCCCCCC)COP(=O)(O)OC[C@@H](O)COP(=O)(O)OC[C@@H](COC(=O)CCCCCCCCC(C)CC)OC(=O)CCCCCCCCCCC(C)CC. The minimum Gasteiger partial charge on any atom is -0.462 e. The van der Waals surface area contributed by atoms with Crippen LogP contribution in [0.4, 0.5) is 0 Å². The van der Waals surface area contributed by atoms with Crippen molar-refractivity contribution in [1.29, 1.82) is 0 Å². The van der Waals surface area contributed by atoms with Crippen LogP contribution in [0, 0.1) is 11.8 Å². The monoisotopic (exact) mass is 1510 g/mol. The number of aliphatic hydroxyl groups excluding tert-OH is 1. The molecule has 0 aliphatic heterocycles. The lowest BCUT2D eigenvalue weighted by Crippen LogP contribution is -2.30. The lowest BCUT2D eigenvalue weighted by Gasteiger charge is -2.21. The van der Waals surface area contributed by atoms with Crippen LogP contribution < -0.4 is 0 Å². The van der Waals surface area contributed by atoms with Gasteiger partial charge in [0.25, 0.3) is 0 Å². The molecule has 0 rings (SSSR count). The van der Waals surface area contributed by atoms with Crippen LogP contribution in [-0.2, 0) is 65.4 Å². The smallest absolute Gasteiger partial charge is 0.462 e. The van der Waals surface area contributed by atoms with Crippen LogP contribution >= 0.6 is 15.6 Å². The Morgan fingerprint density at radius 2 is 0.466 bits per heavy atom. The summed E-state index contributed by atoms with van der Waals surface area (Å²) in [5.41, 5.74) is 0. The number of carbonyl (C=O) groups excluding carboxylic acids is 4. The molecule has 0 amide bonds. The first kappa shape index (κ1) is 101. The van der Waals surface area contributed by atoms with Crippen LogP contribution in [0.3, 0.4) is 0 Å². The Bertz CT molecular complexity index is 1980. The molecule has 0 bridgehead atoms. The molecule has 4 unspecified atom stereocenters. The fourth-order valence-electron chi connectivity index (χ4n) is 13.0. The second-order valence-corrected chi connectivity index (χ2v) is 33.6. The van der Waals surface area contributed by atoms with Crippen LogP contribution in [0.25, 0.3) is 0 Å². The van der Waals surface area contributed by atoms with E-state index in [0.29, 0.717) is 25.7 Å². The van der Waals surface area contributed by atoms with Gasteiger partial charge in [-0.05, 0) is 37.5 Å². The summed E-state index contributed by atoms with van der Waals surface area (Å²) in [6, 6.07) is 0. The van der Waals surface area contributed by atoms with Gasteiger partial charge in [-0.2, -0.15) is 0 Å². The number of rotatable bonds is 83. The zero-order valence-electron chi connectivity index (χ0n) is 67.6. The summed E-state index contributed by atoms with van der Waals surface area (Å²) in [6.45, 7) is 9.60. The van der Waals surface area contributed by atoms with Crippen molar-refractivity contribution in [1.82, 2.24) is 0 Å². The van der Waals surface area contributed by atoms with Gasteiger partial charge in [-0.25, -0.2) is 9.13 Å². The van der Waals surface area contributed by atoms with E-state index < -0.39 is 97.5 Å². The minimum absolute atomic E-state index is 0.104. The molecular weight excluding hydrogens is 1340 g/mol. The molecule has 17 nitrogen and oxygen atoms in total. The highest BCUT2D eigenvalue weighted by Gasteiger charge is 2.30. The van der Waals surface area contributed by atoms with E-state index >= 15 is 0 Å². The molecule has 0 aliphatic carbocycles. The Balaban J connectivity index is 5.21. The number of phosphoric acid groups is 2. The molecule has 0 aromatic heterocycles. The summed E-state index contributed by atoms with van der Waals surface area (Å²) in [5.74, 6) is -0.610. The molecule has 0 aromatic rings. The quantitative estimate of drug-likeness (QED) is 0.0222. The number of unbranched alkanes of at least 4 members (excludes halogenated alkanes) is 51. The molecule has 612 valence electrons. The Morgan fingerprint density at radius 1 is 0.272 bits per heavy atom. The summed E-state index contributed by atoms with van der Waals surface area (Å²) >= 11 is 0. The summed E-state index contributed by atoms with van der Waals surface area (Å²) in [5, 5.41) is 10.7. The summed E-state index contributed by atoms with van der Waals surface area (Å²) in [6.07, 6.45) is 66.9. The van der Waals surface area contributed by atoms with E-state index in [9.17, 15) is 43.2 Å². The van der Waals surface area contributed by atoms with E-state index in [2.05, 4.69) is 41.5 Å². The highest BCUT2D eigenvalue weighted by atomic mass is 31.2. The van der Waals surface area contributed by atoms with Gasteiger partial charge in [0.05, 0.1) is 26.4 Å². The van der Waals surface area contributed by atoms with Gasteiger partial charge in [-0.3, -0.25) is 37.3 Å². The number of esters is 4. The van der Waals surface area contributed by atoms with E-state index in [0.717, 1.165) is 108 Å². The van der Waals surface area contributed by atoms with Crippen molar-refractivity contribution in [3.05, 3.63) is 0 Å². The molecule has 103 heavy (non-hydrogen) atoms. The average Bonchev–Trinajstić information content (AvgIpc) is 0.915. The molecular formula is C84H164O17P2. The van der Waals surface area contributed by atoms with Gasteiger partial charge in [0.1, 0.15) is 19.3 Å². The number of phosphoric ester groups is 2. The first-order valence-corrected chi connectivity index (χ1v) is 46.6. The van der Waals surface area contributed by atoms with E-state index in [4.69, 9.17) is 37.0 Å². The summed E-state index contributed by atoms with van der Waals surface area (Å²) in [4.78, 5) is 73.1. The summed E-state index contributed by atoms with van der Waals surface area (Å²) < 4.78 is 68.8. The van der Waals surface area contributed by atoms with Crippen molar-refractivity contribution in [2.75, 3.05) is 39.6 Å². The average molecular weight is 1510 g/mol. The van der Waals surface area contributed by atoms with Crippen LogP contribution in [0.2, 0.25) is 0 Å². The second kappa shape index (κ2) is 75.5. The normalized spacial score (nSPS) is 14.4. The highest BCUT2D eigenvalue weighted by molar-refractivity contribution is 7.47. The van der Waals surface area contributed by atoms with Crippen molar-refractivity contribution < 1.29 is 80.2 Å². The van der Waals surface area contributed by atoms with E-state index in [1.54, 1.807) is 0 Å². The Hall–Kier alpha value is -1.94. The largest absolute Gasteiger partial charge is 0.472 e. The first-order valence-electron chi connectivity index (χ1n) is 43.6. The standard InChI is InChI=1S/C84H164O17P2/c1-7-11-13-15-17-19-21-23-25-27-29-31-33-35-37-39-41-43-48-56-62-68-83(88)100-79(72-94-81(86)66-60-54-47-42-40-38-36-34-32-30-28-26-24-22-20-18-16-14-12-8-2)74-98-102(90,91)96-70-78(85)71-97-103(92,93)99-75-80(73-95-82(87)67-61-55-51-50-53-59-65-77(6)10-4)101-84(89)69-63-57-49-45-44-46-52-58-64-76(5)9-3/h76-80,85H,7-75H2,1-6H3,(H,90,91)(H,92,93)/t76?,77?,78-,79-,80-/m1/s1. The lowest BCUT2D eigenvalue weighted by molar-refractivity contribution is -0.161. The number of hydrogen-bond donors (Lipinski definition) is 3. The third kappa shape index (κ3) is 75.3. The fraction of sp³-hybridized carbons (Fsp3) is 0.952. The maximum Gasteiger partial charge on any atom is 0.472 e. The molecule has 19 heteroatoms. The zero-order valence-corrected chi connectivity index (χ0v) is 69.4. The van der Waals surface area contributed by atoms with Crippen molar-refractivity contribution in [3.8, 4) is 0 Å². The van der Waals surface area contributed by atoms with Gasteiger partial charge in [-0.1, -0.05) is 395 Å². The van der Waals surface area contributed by atoms with E-state index in [1.165, 1.54) is 257 Å². The predicted molar refractivity (Wildman–Crippen MR) is 423 cm³/mol. The maximum atomic E-state index is 13.1. The highest BCUT2D eigenvalue weighted by Crippen LogP contribution is 2.45. The van der Waals surface area contributed by atoms with E-state index in [1.807, 2.05) is 0 Å². The predicted octanol–water partition coefficient (Wildman–Crippen LogP) is 25.5. The van der Waals surface area contributed by atoms with Crippen LogP contribution in [-0.4, -0.2) is 96.7 Å².